The summed E-state index contributed by atoms with van der Waals surface area (Å²) < 4.78 is 5.57. The predicted octanol–water partition coefficient (Wildman–Crippen LogP) is 3.19. The summed E-state index contributed by atoms with van der Waals surface area (Å²) in [5.74, 6) is 0.120. The number of carbonyl (C=O) groups is 1. The molecule has 0 spiro atoms. The number of ether oxygens (including phenoxy) is 1. The highest BCUT2D eigenvalue weighted by molar-refractivity contribution is 5.76. The van der Waals surface area contributed by atoms with Gasteiger partial charge in [-0.2, -0.15) is 0 Å². The van der Waals surface area contributed by atoms with Crippen molar-refractivity contribution in [2.45, 2.75) is 31.7 Å². The van der Waals surface area contributed by atoms with Crippen molar-refractivity contribution < 1.29 is 9.53 Å². The average molecular weight is 408 g/mol. The summed E-state index contributed by atoms with van der Waals surface area (Å²) in [4.78, 5) is 17.3. The van der Waals surface area contributed by atoms with Gasteiger partial charge in [-0.3, -0.25) is 9.69 Å². The second kappa shape index (κ2) is 10.1. The highest BCUT2D eigenvalue weighted by atomic mass is 16.5. The zero-order chi connectivity index (χ0) is 20.8. The number of amides is 1. The van der Waals surface area contributed by atoms with E-state index in [1.807, 2.05) is 18.2 Å². The zero-order valence-corrected chi connectivity index (χ0v) is 18.0. The summed E-state index contributed by atoms with van der Waals surface area (Å²) in [7, 11) is 2.17. The Bertz CT molecular complexity index is 834. The summed E-state index contributed by atoms with van der Waals surface area (Å²) in [6.45, 7) is 5.08. The fourth-order valence-electron chi connectivity index (χ4n) is 4.56. The highest BCUT2D eigenvalue weighted by Crippen LogP contribution is 2.30. The molecule has 1 amide bonds. The summed E-state index contributed by atoms with van der Waals surface area (Å²) in [5, 5.41) is 3.21. The molecule has 2 aromatic rings. The molecule has 2 aliphatic heterocycles. The van der Waals surface area contributed by atoms with Crippen molar-refractivity contribution in [2.24, 2.45) is 0 Å². The Morgan fingerprint density at radius 3 is 2.70 bits per heavy atom. The van der Waals surface area contributed by atoms with Crippen LogP contribution >= 0.6 is 0 Å². The van der Waals surface area contributed by atoms with Crippen LogP contribution in [0.25, 0.3) is 0 Å². The first-order chi connectivity index (χ1) is 14.7. The van der Waals surface area contributed by atoms with E-state index in [1.54, 1.807) is 0 Å². The largest absolute Gasteiger partial charge is 0.379 e. The lowest BCUT2D eigenvalue weighted by atomic mass is 9.95. The van der Waals surface area contributed by atoms with E-state index in [0.717, 1.165) is 45.7 Å². The summed E-state index contributed by atoms with van der Waals surface area (Å²) in [5.41, 5.74) is 5.28. The minimum Gasteiger partial charge on any atom is -0.379 e. The van der Waals surface area contributed by atoms with Crippen LogP contribution in [0.4, 0.5) is 5.69 Å². The lowest BCUT2D eigenvalue weighted by molar-refractivity contribution is -0.121. The number of fused-ring (bicyclic) bond motifs is 1. The van der Waals surface area contributed by atoms with Gasteiger partial charge >= 0.3 is 0 Å². The van der Waals surface area contributed by atoms with E-state index in [2.05, 4.69) is 52.5 Å². The average Bonchev–Trinajstić information content (AvgIpc) is 2.79. The molecule has 1 N–H and O–H groups in total. The Hall–Kier alpha value is -2.37. The third-order valence-electron chi connectivity index (χ3n) is 6.30. The maximum atomic E-state index is 12.5. The maximum absolute atomic E-state index is 12.5. The van der Waals surface area contributed by atoms with Gasteiger partial charge in [-0.05, 0) is 42.0 Å². The van der Waals surface area contributed by atoms with Crippen LogP contribution < -0.4 is 10.2 Å². The fourth-order valence-corrected chi connectivity index (χ4v) is 4.56. The normalized spacial score (nSPS) is 18.0. The number of benzene rings is 2. The number of hydrogen-bond donors (Lipinski definition) is 1. The molecular formula is C25H33N3O2. The van der Waals surface area contributed by atoms with Crippen molar-refractivity contribution >= 4 is 11.6 Å². The second-order valence-corrected chi connectivity index (χ2v) is 8.37. The van der Waals surface area contributed by atoms with Gasteiger partial charge in [0.2, 0.25) is 5.91 Å². The molecule has 0 radical (unpaired) electrons. The van der Waals surface area contributed by atoms with Crippen LogP contribution in [0, 0.1) is 0 Å². The monoisotopic (exact) mass is 407 g/mol. The molecule has 0 bridgehead atoms. The van der Waals surface area contributed by atoms with Crippen LogP contribution in [0.1, 0.15) is 35.6 Å². The molecular weight excluding hydrogens is 374 g/mol. The summed E-state index contributed by atoms with van der Waals surface area (Å²) >= 11 is 0. The molecule has 5 heteroatoms. The van der Waals surface area contributed by atoms with Gasteiger partial charge in [0.1, 0.15) is 0 Å². The van der Waals surface area contributed by atoms with Gasteiger partial charge in [-0.1, -0.05) is 42.5 Å². The smallest absolute Gasteiger partial charge is 0.220 e. The van der Waals surface area contributed by atoms with Crippen LogP contribution in [-0.2, 0) is 22.4 Å². The summed E-state index contributed by atoms with van der Waals surface area (Å²) in [6, 6.07) is 17.3. The van der Waals surface area contributed by atoms with E-state index < -0.39 is 0 Å². The third kappa shape index (κ3) is 5.21. The fraction of sp³-hybridized carbons (Fsp3) is 0.480. The molecule has 0 saturated carbocycles. The van der Waals surface area contributed by atoms with E-state index >= 15 is 0 Å². The van der Waals surface area contributed by atoms with Gasteiger partial charge in [0.25, 0.3) is 0 Å². The van der Waals surface area contributed by atoms with Gasteiger partial charge in [-0.25, -0.2) is 0 Å². The quantitative estimate of drug-likeness (QED) is 0.766. The Kier molecular flexibility index (Phi) is 7.03. The van der Waals surface area contributed by atoms with Gasteiger partial charge in [0.15, 0.2) is 0 Å². The Morgan fingerprint density at radius 2 is 1.90 bits per heavy atom. The van der Waals surface area contributed by atoms with Crippen molar-refractivity contribution in [3.05, 3.63) is 65.2 Å². The van der Waals surface area contributed by atoms with Crippen molar-refractivity contribution in [2.75, 3.05) is 51.3 Å². The van der Waals surface area contributed by atoms with Crippen LogP contribution in [0.15, 0.2) is 48.5 Å². The predicted molar refractivity (Wildman–Crippen MR) is 121 cm³/mol. The van der Waals surface area contributed by atoms with Crippen molar-refractivity contribution in [3.8, 4) is 0 Å². The van der Waals surface area contributed by atoms with Gasteiger partial charge in [0.05, 0.1) is 19.3 Å². The Balaban J connectivity index is 1.43. The molecule has 0 aromatic heterocycles. The maximum Gasteiger partial charge on any atom is 0.220 e. The molecule has 160 valence electrons. The van der Waals surface area contributed by atoms with Crippen molar-refractivity contribution in [1.82, 2.24) is 10.2 Å². The molecule has 5 nitrogen and oxygen atoms in total. The van der Waals surface area contributed by atoms with Crippen LogP contribution in [0.2, 0.25) is 0 Å². The number of rotatable bonds is 7. The van der Waals surface area contributed by atoms with E-state index in [9.17, 15) is 4.79 Å². The number of anilines is 1. The number of nitrogens with zero attached hydrogens (tertiary/aromatic N) is 2. The van der Waals surface area contributed by atoms with Crippen LogP contribution in [0.3, 0.4) is 0 Å². The molecule has 30 heavy (non-hydrogen) atoms. The molecule has 1 saturated heterocycles. The minimum atomic E-state index is 0.120. The highest BCUT2D eigenvalue weighted by Gasteiger charge is 2.25. The first-order valence-corrected chi connectivity index (χ1v) is 11.2. The minimum absolute atomic E-state index is 0.120. The number of aryl methyl sites for hydroxylation is 2. The third-order valence-corrected chi connectivity index (χ3v) is 6.30. The van der Waals surface area contributed by atoms with E-state index in [4.69, 9.17) is 4.74 Å². The zero-order valence-electron chi connectivity index (χ0n) is 18.0. The van der Waals surface area contributed by atoms with Crippen molar-refractivity contribution in [1.29, 1.82) is 0 Å². The molecule has 2 aliphatic rings. The molecule has 2 heterocycles. The standard InChI is InChI=1S/C25H33N3O2/c1-27-13-5-8-21-18-22(10-11-23(21)27)24(28-14-16-30-17-15-28)19-26-25(29)12-9-20-6-3-2-4-7-20/h2-4,6-7,10-11,18,24H,5,8-9,12-17,19H2,1H3,(H,26,29)/t24-/m0/s1. The van der Waals surface area contributed by atoms with Crippen LogP contribution in [0.5, 0.6) is 0 Å². The van der Waals surface area contributed by atoms with Gasteiger partial charge in [0, 0.05) is 45.3 Å². The Labute approximate surface area is 180 Å². The lowest BCUT2D eigenvalue weighted by Crippen LogP contribution is -2.44. The second-order valence-electron chi connectivity index (χ2n) is 8.37. The van der Waals surface area contributed by atoms with E-state index in [0.29, 0.717) is 13.0 Å². The molecule has 4 rings (SSSR count). The lowest BCUT2D eigenvalue weighted by Gasteiger charge is -2.36. The molecule has 1 atom stereocenters. The van der Waals surface area contributed by atoms with Gasteiger partial charge in [-0.15, -0.1) is 0 Å². The van der Waals surface area contributed by atoms with Gasteiger partial charge < -0.3 is 15.0 Å². The molecule has 2 aromatic carbocycles. The molecule has 1 fully saturated rings. The number of nitrogens with one attached hydrogen (secondary N) is 1. The summed E-state index contributed by atoms with van der Waals surface area (Å²) in [6.07, 6.45) is 3.63. The number of hydrogen-bond acceptors (Lipinski definition) is 4. The number of carbonyl (C=O) groups excluding carboxylic acids is 1. The number of morpholine rings is 1. The molecule has 0 unspecified atom stereocenters. The van der Waals surface area contributed by atoms with E-state index in [1.165, 1.54) is 28.8 Å². The Morgan fingerprint density at radius 1 is 1.10 bits per heavy atom. The van der Waals surface area contributed by atoms with Crippen LogP contribution in [-0.4, -0.2) is 57.2 Å². The SMILES string of the molecule is CN1CCCc2cc([C@H](CNC(=O)CCc3ccccc3)N3CCOCC3)ccc21. The topological polar surface area (TPSA) is 44.8 Å². The van der Waals surface area contributed by atoms with Crippen molar-refractivity contribution in [3.63, 3.8) is 0 Å². The molecule has 0 aliphatic carbocycles. The van der Waals surface area contributed by atoms with E-state index in [-0.39, 0.29) is 11.9 Å². The first kappa shape index (κ1) is 20.9. The first-order valence-electron chi connectivity index (χ1n) is 11.2.